The van der Waals surface area contributed by atoms with E-state index in [0.717, 1.165) is 5.71 Å². The first-order valence-corrected chi connectivity index (χ1v) is 5.81. The van der Waals surface area contributed by atoms with Gasteiger partial charge in [-0.1, -0.05) is 0 Å². The molecule has 96 valence electrons. The maximum atomic E-state index is 13.9. The molecule has 1 aliphatic heterocycles. The first-order chi connectivity index (χ1) is 8.65. The summed E-state index contributed by atoms with van der Waals surface area (Å²) in [5.41, 5.74) is 1.97. The van der Waals surface area contributed by atoms with E-state index in [9.17, 15) is 4.39 Å². The van der Waals surface area contributed by atoms with Gasteiger partial charge in [-0.3, -0.25) is 4.99 Å². The van der Waals surface area contributed by atoms with Gasteiger partial charge in [0.15, 0.2) is 0 Å². The Morgan fingerprint density at radius 1 is 1.17 bits per heavy atom. The van der Waals surface area contributed by atoms with E-state index in [-0.39, 0.29) is 5.83 Å². The second-order valence-corrected chi connectivity index (χ2v) is 4.17. The molecule has 2 rings (SSSR count). The van der Waals surface area contributed by atoms with Gasteiger partial charge in [0.1, 0.15) is 23.0 Å². The van der Waals surface area contributed by atoms with Gasteiger partial charge >= 0.3 is 0 Å². The summed E-state index contributed by atoms with van der Waals surface area (Å²) in [5, 5.41) is 0. The molecule has 0 atom stereocenters. The van der Waals surface area contributed by atoms with Gasteiger partial charge in [0.25, 0.3) is 0 Å². The van der Waals surface area contributed by atoms with Crippen molar-refractivity contribution in [3.8, 4) is 11.5 Å². The van der Waals surface area contributed by atoms with E-state index < -0.39 is 0 Å². The highest BCUT2D eigenvalue weighted by Gasteiger charge is 2.18. The van der Waals surface area contributed by atoms with Crippen molar-refractivity contribution in [1.82, 2.24) is 0 Å². The van der Waals surface area contributed by atoms with Crippen molar-refractivity contribution in [2.45, 2.75) is 19.8 Å². The van der Waals surface area contributed by atoms with Gasteiger partial charge in [0, 0.05) is 23.8 Å². The molecule has 0 N–H and O–H groups in total. The highest BCUT2D eigenvalue weighted by molar-refractivity contribution is 5.91. The van der Waals surface area contributed by atoms with E-state index in [1.54, 1.807) is 32.4 Å². The Kier molecular flexibility index (Phi) is 3.65. The number of nitrogens with zero attached hydrogens (tertiary/aromatic N) is 1. The van der Waals surface area contributed by atoms with Gasteiger partial charge in [-0.15, -0.1) is 0 Å². The van der Waals surface area contributed by atoms with E-state index >= 15 is 0 Å². The number of allylic oxidation sites excluding steroid dienone is 1. The number of rotatable bonds is 3. The number of halogens is 1. The predicted octanol–water partition coefficient (Wildman–Crippen LogP) is 3.60. The zero-order chi connectivity index (χ0) is 13.1. The van der Waals surface area contributed by atoms with Gasteiger partial charge in [-0.2, -0.15) is 0 Å². The van der Waals surface area contributed by atoms with Crippen LogP contribution in [0.3, 0.4) is 0 Å². The third-order valence-corrected chi connectivity index (χ3v) is 2.93. The number of aliphatic imine (C=N–C) groups is 1. The quantitative estimate of drug-likeness (QED) is 0.819. The first-order valence-electron chi connectivity index (χ1n) is 5.81. The molecule has 0 unspecified atom stereocenters. The van der Waals surface area contributed by atoms with E-state index in [0.29, 0.717) is 35.6 Å². The molecule has 3 nitrogen and oxygen atoms in total. The Morgan fingerprint density at radius 2 is 1.94 bits per heavy atom. The second kappa shape index (κ2) is 5.21. The van der Waals surface area contributed by atoms with E-state index in [4.69, 9.17) is 9.47 Å². The molecular weight excluding hydrogens is 233 g/mol. The van der Waals surface area contributed by atoms with Crippen molar-refractivity contribution in [3.63, 3.8) is 0 Å². The Morgan fingerprint density at radius 3 is 2.61 bits per heavy atom. The average molecular weight is 249 g/mol. The summed E-state index contributed by atoms with van der Waals surface area (Å²) in [5.74, 6) is 1.05. The van der Waals surface area contributed by atoms with Crippen LogP contribution in [0.5, 0.6) is 11.5 Å². The van der Waals surface area contributed by atoms with Gasteiger partial charge in [-0.05, 0) is 25.5 Å². The largest absolute Gasteiger partial charge is 0.497 e. The Balaban J connectivity index is 2.51. The Labute approximate surface area is 106 Å². The second-order valence-electron chi connectivity index (χ2n) is 4.17. The van der Waals surface area contributed by atoms with Crippen molar-refractivity contribution in [2.24, 2.45) is 4.99 Å². The van der Waals surface area contributed by atoms with Crippen LogP contribution in [-0.4, -0.2) is 19.9 Å². The van der Waals surface area contributed by atoms with Crippen LogP contribution >= 0.6 is 0 Å². The summed E-state index contributed by atoms with van der Waals surface area (Å²) >= 11 is 0. The number of hydrogen-bond acceptors (Lipinski definition) is 3. The van der Waals surface area contributed by atoms with E-state index in [1.165, 1.54) is 0 Å². The monoisotopic (exact) mass is 249 g/mol. The van der Waals surface area contributed by atoms with Crippen molar-refractivity contribution in [1.29, 1.82) is 0 Å². The molecule has 0 bridgehead atoms. The summed E-state index contributed by atoms with van der Waals surface area (Å²) in [7, 11) is 3.13. The summed E-state index contributed by atoms with van der Waals surface area (Å²) in [4.78, 5) is 4.30. The number of ether oxygens (including phenoxy) is 2. The fourth-order valence-corrected chi connectivity index (χ4v) is 1.92. The lowest BCUT2D eigenvalue weighted by Crippen LogP contribution is -2.02. The minimum Gasteiger partial charge on any atom is -0.497 e. The maximum absolute atomic E-state index is 13.9. The lowest BCUT2D eigenvalue weighted by atomic mass is 10.0. The van der Waals surface area contributed by atoms with Gasteiger partial charge in [0.05, 0.1) is 14.2 Å². The fraction of sp³-hybridized carbons (Fsp3) is 0.357. The Bertz CT molecular complexity index is 521. The average Bonchev–Trinajstić information content (AvgIpc) is 2.41. The minimum absolute atomic E-state index is 0.191. The smallest absolute Gasteiger partial charge is 0.132 e. The van der Waals surface area contributed by atoms with E-state index in [1.807, 2.05) is 6.92 Å². The van der Waals surface area contributed by atoms with Crippen LogP contribution in [-0.2, 0) is 0 Å². The summed E-state index contributed by atoms with van der Waals surface area (Å²) in [6, 6.07) is 5.28. The summed E-state index contributed by atoms with van der Waals surface area (Å²) in [6.45, 7) is 1.91. The SMILES string of the molecule is COc1ccc(C2=C(F)CCC(C)=N2)c(OC)c1. The van der Waals surface area contributed by atoms with Crippen molar-refractivity contribution >= 4 is 11.4 Å². The normalized spacial score (nSPS) is 15.4. The molecule has 0 radical (unpaired) electrons. The molecule has 0 aliphatic carbocycles. The third-order valence-electron chi connectivity index (χ3n) is 2.93. The summed E-state index contributed by atoms with van der Waals surface area (Å²) in [6.07, 6.45) is 1.08. The summed E-state index contributed by atoms with van der Waals surface area (Å²) < 4.78 is 24.3. The first kappa shape index (κ1) is 12.6. The molecule has 18 heavy (non-hydrogen) atoms. The van der Waals surface area contributed by atoms with Gasteiger partial charge in [-0.25, -0.2) is 4.39 Å². The molecule has 1 aliphatic rings. The molecule has 0 amide bonds. The van der Waals surface area contributed by atoms with Crippen LogP contribution in [0.2, 0.25) is 0 Å². The third kappa shape index (κ3) is 2.37. The molecule has 0 aromatic heterocycles. The molecule has 0 saturated carbocycles. The predicted molar refractivity (Wildman–Crippen MR) is 69.9 cm³/mol. The van der Waals surface area contributed by atoms with Crippen LogP contribution in [0.1, 0.15) is 25.3 Å². The molecule has 1 heterocycles. The highest BCUT2D eigenvalue weighted by atomic mass is 19.1. The van der Waals surface area contributed by atoms with Crippen molar-refractivity contribution in [2.75, 3.05) is 14.2 Å². The van der Waals surface area contributed by atoms with Crippen LogP contribution in [0.25, 0.3) is 5.70 Å². The maximum Gasteiger partial charge on any atom is 0.132 e. The molecule has 1 aromatic rings. The lowest BCUT2D eigenvalue weighted by molar-refractivity contribution is 0.393. The van der Waals surface area contributed by atoms with Crippen molar-refractivity contribution < 1.29 is 13.9 Å². The molecular formula is C14H16FNO2. The zero-order valence-electron chi connectivity index (χ0n) is 10.8. The minimum atomic E-state index is -0.191. The number of benzene rings is 1. The van der Waals surface area contributed by atoms with Crippen LogP contribution in [0, 0.1) is 0 Å². The van der Waals surface area contributed by atoms with Crippen LogP contribution in [0.4, 0.5) is 4.39 Å². The fourth-order valence-electron chi connectivity index (χ4n) is 1.92. The lowest BCUT2D eigenvalue weighted by Gasteiger charge is -2.15. The standard InChI is InChI=1S/C14H16FNO2/c1-9-4-7-12(15)14(16-9)11-6-5-10(17-2)8-13(11)18-3/h5-6,8H,4,7H2,1-3H3. The van der Waals surface area contributed by atoms with Crippen molar-refractivity contribution in [3.05, 3.63) is 29.6 Å². The van der Waals surface area contributed by atoms with E-state index in [2.05, 4.69) is 4.99 Å². The molecule has 4 heteroatoms. The topological polar surface area (TPSA) is 30.8 Å². The van der Waals surface area contributed by atoms with Gasteiger partial charge < -0.3 is 9.47 Å². The van der Waals surface area contributed by atoms with Crippen LogP contribution in [0.15, 0.2) is 29.0 Å². The van der Waals surface area contributed by atoms with Crippen LogP contribution < -0.4 is 9.47 Å². The Hall–Kier alpha value is -1.84. The molecule has 0 spiro atoms. The molecule has 1 aromatic carbocycles. The molecule has 0 fully saturated rings. The molecule has 0 saturated heterocycles. The number of hydrogen-bond donors (Lipinski definition) is 0. The highest BCUT2D eigenvalue weighted by Crippen LogP contribution is 2.36. The number of methoxy groups -OCH3 is 2. The van der Waals surface area contributed by atoms with Gasteiger partial charge in [0.2, 0.25) is 0 Å². The zero-order valence-corrected chi connectivity index (χ0v) is 10.8.